The van der Waals surface area contributed by atoms with Crippen LogP contribution in [0.25, 0.3) is 0 Å². The predicted molar refractivity (Wildman–Crippen MR) is 76.2 cm³/mol. The van der Waals surface area contributed by atoms with Crippen molar-refractivity contribution in [3.8, 4) is 0 Å². The Labute approximate surface area is 118 Å². The van der Waals surface area contributed by atoms with Gasteiger partial charge in [-0.1, -0.05) is 6.92 Å². The number of aromatic nitrogens is 4. The lowest BCUT2D eigenvalue weighted by molar-refractivity contribution is -0.121. The van der Waals surface area contributed by atoms with Crippen LogP contribution in [0.1, 0.15) is 18.2 Å². The number of nitrogens with one attached hydrogen (secondary N) is 2. The van der Waals surface area contributed by atoms with Gasteiger partial charge in [-0.3, -0.25) is 14.2 Å². The molecule has 0 unspecified atom stereocenters. The van der Waals surface area contributed by atoms with Crippen molar-refractivity contribution >= 4 is 11.6 Å². The maximum Gasteiger partial charge on any atom is 0.241 e. The molecule has 2 N–H and O–H groups in total. The highest BCUT2D eigenvalue weighted by molar-refractivity contribution is 5.75. The first-order chi connectivity index (χ1) is 9.62. The van der Waals surface area contributed by atoms with Gasteiger partial charge in [-0.15, -0.1) is 0 Å². The Bertz CT molecular complexity index is 585. The predicted octanol–water partition coefficient (Wildman–Crippen LogP) is 0.537. The maximum absolute atomic E-state index is 11.3. The van der Waals surface area contributed by atoms with E-state index in [1.165, 1.54) is 5.56 Å². The molecule has 2 heterocycles. The largest absolute Gasteiger partial charge is 0.378 e. The van der Waals surface area contributed by atoms with Crippen LogP contribution in [-0.2, 0) is 31.4 Å². The molecule has 1 amide bonds. The lowest BCUT2D eigenvalue weighted by atomic mass is 10.2. The van der Waals surface area contributed by atoms with Gasteiger partial charge in [0.25, 0.3) is 0 Å². The Balaban J connectivity index is 1.95. The van der Waals surface area contributed by atoms with Crippen molar-refractivity contribution in [3.63, 3.8) is 0 Å². The number of aryl methyl sites for hydroxylation is 2. The third-order valence-electron chi connectivity index (χ3n) is 3.03. The minimum absolute atomic E-state index is 0.0693. The molecule has 0 atom stereocenters. The molecule has 2 aromatic rings. The zero-order valence-corrected chi connectivity index (χ0v) is 12.1. The van der Waals surface area contributed by atoms with Crippen LogP contribution in [-0.4, -0.2) is 32.5 Å². The number of carbonyl (C=O) groups excluding carboxylic acids is 1. The van der Waals surface area contributed by atoms with Gasteiger partial charge in [0.05, 0.1) is 17.6 Å². The second-order valence-corrected chi connectivity index (χ2v) is 4.58. The van der Waals surface area contributed by atoms with E-state index < -0.39 is 0 Å². The molecule has 0 aromatic carbocycles. The highest BCUT2D eigenvalue weighted by atomic mass is 16.1. The van der Waals surface area contributed by atoms with Gasteiger partial charge in [0.1, 0.15) is 6.54 Å². The van der Waals surface area contributed by atoms with Crippen LogP contribution in [0, 0.1) is 0 Å². The Morgan fingerprint density at radius 1 is 1.40 bits per heavy atom. The van der Waals surface area contributed by atoms with Crippen LogP contribution < -0.4 is 10.6 Å². The fourth-order valence-electron chi connectivity index (χ4n) is 1.99. The molecule has 7 heteroatoms. The first kappa shape index (κ1) is 14.1. The number of rotatable bonds is 6. The minimum Gasteiger partial charge on any atom is -0.378 e. The van der Waals surface area contributed by atoms with E-state index in [4.69, 9.17) is 0 Å². The molecule has 0 saturated carbocycles. The third-order valence-corrected chi connectivity index (χ3v) is 3.03. The summed E-state index contributed by atoms with van der Waals surface area (Å²) in [5.74, 6) is -0.0693. The van der Waals surface area contributed by atoms with E-state index in [0.29, 0.717) is 6.54 Å². The Morgan fingerprint density at radius 3 is 2.90 bits per heavy atom. The van der Waals surface area contributed by atoms with Crippen LogP contribution in [0.4, 0.5) is 5.69 Å². The molecule has 0 aliphatic heterocycles. The summed E-state index contributed by atoms with van der Waals surface area (Å²) < 4.78 is 3.43. The summed E-state index contributed by atoms with van der Waals surface area (Å²) >= 11 is 0. The standard InChI is InChI=1S/C13H20N6O/c1-4-12-10(7-18(3)17-12)5-15-11-6-16-19(8-11)9-13(20)14-2/h6-8,15H,4-5,9H2,1-3H3,(H,14,20). The smallest absolute Gasteiger partial charge is 0.241 e. The van der Waals surface area contributed by atoms with Crippen molar-refractivity contribution in [1.82, 2.24) is 24.9 Å². The van der Waals surface area contributed by atoms with Crippen LogP contribution in [0.3, 0.4) is 0 Å². The van der Waals surface area contributed by atoms with Gasteiger partial charge in [0.15, 0.2) is 0 Å². The maximum atomic E-state index is 11.3. The van der Waals surface area contributed by atoms with Gasteiger partial charge in [0, 0.05) is 38.6 Å². The first-order valence-electron chi connectivity index (χ1n) is 6.60. The summed E-state index contributed by atoms with van der Waals surface area (Å²) in [4.78, 5) is 11.3. The quantitative estimate of drug-likeness (QED) is 0.807. The normalized spacial score (nSPS) is 10.6. The second kappa shape index (κ2) is 6.23. The number of hydrogen-bond donors (Lipinski definition) is 2. The Kier molecular flexibility index (Phi) is 4.39. The second-order valence-electron chi connectivity index (χ2n) is 4.58. The topological polar surface area (TPSA) is 76.8 Å². The molecule has 20 heavy (non-hydrogen) atoms. The average Bonchev–Trinajstić information content (AvgIpc) is 3.02. The molecule has 0 aliphatic rings. The lowest BCUT2D eigenvalue weighted by Crippen LogP contribution is -2.23. The van der Waals surface area contributed by atoms with Gasteiger partial charge in [-0.25, -0.2) is 0 Å². The fourth-order valence-corrected chi connectivity index (χ4v) is 1.99. The van der Waals surface area contributed by atoms with E-state index in [-0.39, 0.29) is 12.5 Å². The van der Waals surface area contributed by atoms with Crippen molar-refractivity contribution in [2.75, 3.05) is 12.4 Å². The molecular formula is C13H20N6O. The number of nitrogens with zero attached hydrogens (tertiary/aromatic N) is 4. The Hall–Kier alpha value is -2.31. The summed E-state index contributed by atoms with van der Waals surface area (Å²) in [6.07, 6.45) is 6.46. The SMILES string of the molecule is CCc1nn(C)cc1CNc1cnn(CC(=O)NC)c1. The van der Waals surface area contributed by atoms with Crippen molar-refractivity contribution < 1.29 is 4.79 Å². The van der Waals surface area contributed by atoms with Gasteiger partial charge in [-0.2, -0.15) is 10.2 Å². The van der Waals surface area contributed by atoms with Crippen LogP contribution in [0.2, 0.25) is 0 Å². The monoisotopic (exact) mass is 276 g/mol. The Morgan fingerprint density at radius 2 is 2.20 bits per heavy atom. The first-order valence-corrected chi connectivity index (χ1v) is 6.60. The molecule has 0 fully saturated rings. The molecule has 0 saturated heterocycles. The van der Waals surface area contributed by atoms with Crippen molar-refractivity contribution in [1.29, 1.82) is 0 Å². The number of carbonyl (C=O) groups is 1. The van der Waals surface area contributed by atoms with E-state index in [0.717, 1.165) is 17.8 Å². The average molecular weight is 276 g/mol. The number of likely N-dealkylation sites (N-methyl/N-ethyl adjacent to an activating group) is 1. The summed E-state index contributed by atoms with van der Waals surface area (Å²) in [5, 5.41) is 14.4. The number of amides is 1. The molecule has 0 bridgehead atoms. The van der Waals surface area contributed by atoms with Gasteiger partial charge in [-0.05, 0) is 6.42 Å². The summed E-state index contributed by atoms with van der Waals surface area (Å²) in [5.41, 5.74) is 3.16. The highest BCUT2D eigenvalue weighted by Gasteiger charge is 2.07. The molecule has 0 spiro atoms. The van der Waals surface area contributed by atoms with E-state index in [1.54, 1.807) is 17.9 Å². The summed E-state index contributed by atoms with van der Waals surface area (Å²) in [6.45, 7) is 3.02. The zero-order chi connectivity index (χ0) is 14.5. The van der Waals surface area contributed by atoms with E-state index in [1.807, 2.05) is 24.1 Å². The minimum atomic E-state index is -0.0693. The number of anilines is 1. The van der Waals surface area contributed by atoms with Crippen LogP contribution in [0.5, 0.6) is 0 Å². The van der Waals surface area contributed by atoms with Crippen molar-refractivity contribution in [2.24, 2.45) is 7.05 Å². The van der Waals surface area contributed by atoms with E-state index in [2.05, 4.69) is 27.8 Å². The van der Waals surface area contributed by atoms with E-state index in [9.17, 15) is 4.79 Å². The fraction of sp³-hybridized carbons (Fsp3) is 0.462. The van der Waals surface area contributed by atoms with Crippen molar-refractivity contribution in [2.45, 2.75) is 26.4 Å². The number of hydrogen-bond acceptors (Lipinski definition) is 4. The van der Waals surface area contributed by atoms with Crippen LogP contribution in [0.15, 0.2) is 18.6 Å². The van der Waals surface area contributed by atoms with Crippen molar-refractivity contribution in [3.05, 3.63) is 29.8 Å². The lowest BCUT2D eigenvalue weighted by Gasteiger charge is -2.02. The zero-order valence-electron chi connectivity index (χ0n) is 12.1. The molecule has 2 aromatic heterocycles. The van der Waals surface area contributed by atoms with Crippen LogP contribution >= 0.6 is 0 Å². The highest BCUT2D eigenvalue weighted by Crippen LogP contribution is 2.11. The molecule has 0 aliphatic carbocycles. The summed E-state index contributed by atoms with van der Waals surface area (Å²) in [7, 11) is 3.53. The molecule has 7 nitrogen and oxygen atoms in total. The molecule has 0 radical (unpaired) electrons. The molecule has 2 rings (SSSR count). The third kappa shape index (κ3) is 3.37. The summed E-state index contributed by atoms with van der Waals surface area (Å²) in [6, 6.07) is 0. The molecule has 108 valence electrons. The van der Waals surface area contributed by atoms with E-state index >= 15 is 0 Å². The molecular weight excluding hydrogens is 256 g/mol. The van der Waals surface area contributed by atoms with Gasteiger partial charge in [0.2, 0.25) is 5.91 Å². The van der Waals surface area contributed by atoms with Gasteiger partial charge < -0.3 is 10.6 Å². The van der Waals surface area contributed by atoms with Gasteiger partial charge >= 0.3 is 0 Å².